The molecular weight excluding hydrogens is 439 g/mol. The van der Waals surface area contributed by atoms with Gasteiger partial charge in [0.15, 0.2) is 5.82 Å². The van der Waals surface area contributed by atoms with E-state index in [0.717, 1.165) is 30.5 Å². The maximum Gasteiger partial charge on any atom is 0.323 e. The number of H-pyrrole nitrogens is 1. The number of hydrogen-bond acceptors (Lipinski definition) is 4. The quantitative estimate of drug-likeness (QED) is 0.554. The van der Waals surface area contributed by atoms with Gasteiger partial charge in [-0.15, -0.1) is 0 Å². The molecule has 2 aliphatic rings. The van der Waals surface area contributed by atoms with E-state index in [0.29, 0.717) is 5.82 Å². The normalized spacial score (nSPS) is 18.2. The van der Waals surface area contributed by atoms with Crippen molar-refractivity contribution < 1.29 is 14.0 Å². The first-order chi connectivity index (χ1) is 15.4. The van der Waals surface area contributed by atoms with Gasteiger partial charge in [0.2, 0.25) is 5.91 Å². The number of nitrogens with one attached hydrogen (secondary N) is 3. The van der Waals surface area contributed by atoms with Crippen molar-refractivity contribution in [2.75, 3.05) is 10.6 Å². The molecule has 0 saturated heterocycles. The molecule has 0 unspecified atom stereocenters. The number of hydrogen-bond donors (Lipinski definition) is 3. The lowest BCUT2D eigenvalue weighted by molar-refractivity contribution is -0.121. The van der Waals surface area contributed by atoms with Crippen molar-refractivity contribution in [1.29, 1.82) is 5.26 Å². The number of amides is 3. The van der Waals surface area contributed by atoms with Crippen molar-refractivity contribution >= 4 is 31.5 Å². The van der Waals surface area contributed by atoms with Crippen LogP contribution in [0.4, 0.5) is 20.7 Å². The van der Waals surface area contributed by atoms with Crippen molar-refractivity contribution in [3.05, 3.63) is 40.8 Å². The number of urea groups is 1. The maximum absolute atomic E-state index is 14.3. The molecule has 1 fully saturated rings. The molecule has 1 aliphatic heterocycles. The summed E-state index contributed by atoms with van der Waals surface area (Å²) in [5.74, 6) is -0.232. The first kappa shape index (κ1) is 23.0. The number of para-hydroxylation sites is 1. The van der Waals surface area contributed by atoms with Gasteiger partial charge in [-0.1, -0.05) is 32.1 Å². The number of aromatic amines is 1. The molecule has 8 nitrogen and oxygen atoms in total. The van der Waals surface area contributed by atoms with Crippen LogP contribution in [0.25, 0.3) is 0 Å². The van der Waals surface area contributed by atoms with E-state index >= 15 is 0 Å². The number of carbonyl (C=O) groups excluding carboxylic acids is 2. The summed E-state index contributed by atoms with van der Waals surface area (Å²) in [6.45, 7) is 10.5. The maximum atomic E-state index is 14.3. The van der Waals surface area contributed by atoms with Gasteiger partial charge in [0.05, 0.1) is 37.1 Å². The Kier molecular flexibility index (Phi) is 5.36. The number of anilines is 2. The predicted octanol–water partition coefficient (Wildman–Crippen LogP) is 4.90. The average molecular weight is 469 g/mol. The zero-order chi connectivity index (χ0) is 24.2. The smallest absolute Gasteiger partial charge is 0.309 e. The van der Waals surface area contributed by atoms with Gasteiger partial charge in [0, 0.05) is 10.6 Å². The molecule has 2 aromatic rings. The Labute approximate surface area is 193 Å². The van der Waals surface area contributed by atoms with Gasteiger partial charge < -0.3 is 15.5 Å². The number of rotatable bonds is 4. The lowest BCUT2D eigenvalue weighted by atomic mass is 9.83. The van der Waals surface area contributed by atoms with Crippen LogP contribution < -0.4 is 10.6 Å². The van der Waals surface area contributed by atoms with Crippen LogP contribution in [-0.4, -0.2) is 35.1 Å². The number of nitriles is 1. The molecule has 3 N–H and O–H groups in total. The van der Waals surface area contributed by atoms with E-state index in [2.05, 4.69) is 40.5 Å². The Balaban J connectivity index is 1.57. The number of fused-ring (bicyclic) bond motifs is 1. The van der Waals surface area contributed by atoms with Gasteiger partial charge in [-0.25, -0.2) is 9.18 Å². The lowest BCUT2D eigenvalue weighted by Gasteiger charge is -2.48. The minimum absolute atomic E-state index is 0.00735. The van der Waals surface area contributed by atoms with Gasteiger partial charge >= 0.3 is 6.03 Å². The predicted molar refractivity (Wildman–Crippen MR) is 126 cm³/mol. The number of carbonyl (C=O) groups is 2. The van der Waals surface area contributed by atoms with E-state index in [4.69, 9.17) is 0 Å². The molecule has 1 aliphatic carbocycles. The lowest BCUT2D eigenvalue weighted by Crippen LogP contribution is -2.52. The molecule has 174 valence electrons. The second-order valence-corrected chi connectivity index (χ2v) is 15.9. The van der Waals surface area contributed by atoms with Crippen molar-refractivity contribution in [3.8, 4) is 6.07 Å². The highest BCUT2D eigenvalue weighted by molar-refractivity contribution is 6.83. The highest BCUT2D eigenvalue weighted by Crippen LogP contribution is 2.56. The van der Waals surface area contributed by atoms with Crippen LogP contribution in [0.1, 0.15) is 49.9 Å². The molecule has 0 atom stereocenters. The second-order valence-electron chi connectivity index (χ2n) is 10.4. The number of nitrogens with zero attached hydrogens (tertiary/aromatic N) is 3. The van der Waals surface area contributed by atoms with Crippen LogP contribution in [0.2, 0.25) is 24.7 Å². The first-order valence-corrected chi connectivity index (χ1v) is 14.6. The van der Waals surface area contributed by atoms with Gasteiger partial charge in [-0.3, -0.25) is 9.89 Å². The van der Waals surface area contributed by atoms with E-state index < -0.39 is 25.5 Å². The third-order valence-corrected chi connectivity index (χ3v) is 11.0. The summed E-state index contributed by atoms with van der Waals surface area (Å²) < 4.78 is 14.3. The Hall–Kier alpha value is -3.19. The van der Waals surface area contributed by atoms with Crippen LogP contribution >= 0.6 is 0 Å². The summed E-state index contributed by atoms with van der Waals surface area (Å²) in [5.41, 5.74) is 0.580. The first-order valence-electron chi connectivity index (χ1n) is 11.1. The van der Waals surface area contributed by atoms with Crippen molar-refractivity contribution in [2.45, 2.75) is 69.9 Å². The summed E-state index contributed by atoms with van der Waals surface area (Å²) in [5, 5.41) is 21.9. The highest BCUT2D eigenvalue weighted by atomic mass is 28.3. The number of benzene rings is 1. The van der Waals surface area contributed by atoms with Crippen LogP contribution in [0.3, 0.4) is 0 Å². The van der Waals surface area contributed by atoms with Gasteiger partial charge in [-0.05, 0) is 38.8 Å². The van der Waals surface area contributed by atoms with E-state index in [9.17, 15) is 19.2 Å². The Morgan fingerprint density at radius 1 is 1.24 bits per heavy atom. The SMILES string of the molecule is CC1(C)c2[nH]nc(NC(=O)C3([Si](C)(C)C)CCC3)c2CN1C(=O)Nc1c(F)cccc1C#N. The molecule has 1 saturated carbocycles. The topological polar surface area (TPSA) is 114 Å². The Morgan fingerprint density at radius 3 is 2.52 bits per heavy atom. The Bertz CT molecular complexity index is 1170. The molecule has 10 heteroatoms. The van der Waals surface area contributed by atoms with Crippen LogP contribution in [-0.2, 0) is 16.9 Å². The van der Waals surface area contributed by atoms with Crippen molar-refractivity contribution in [1.82, 2.24) is 15.1 Å². The van der Waals surface area contributed by atoms with Gasteiger partial charge in [0.25, 0.3) is 0 Å². The van der Waals surface area contributed by atoms with E-state index in [1.165, 1.54) is 23.1 Å². The zero-order valence-corrected chi connectivity index (χ0v) is 20.6. The molecule has 4 rings (SSSR count). The van der Waals surface area contributed by atoms with E-state index in [1.54, 1.807) is 0 Å². The monoisotopic (exact) mass is 468 g/mol. The van der Waals surface area contributed by atoms with Crippen LogP contribution in [0, 0.1) is 17.1 Å². The molecule has 3 amide bonds. The molecule has 0 bridgehead atoms. The third kappa shape index (κ3) is 3.51. The van der Waals surface area contributed by atoms with Gasteiger partial charge in [0.1, 0.15) is 11.9 Å². The van der Waals surface area contributed by atoms with Gasteiger partial charge in [-0.2, -0.15) is 10.4 Å². The molecule has 33 heavy (non-hydrogen) atoms. The second kappa shape index (κ2) is 7.69. The number of halogens is 1. The summed E-state index contributed by atoms with van der Waals surface area (Å²) in [6, 6.07) is 5.42. The van der Waals surface area contributed by atoms with E-state index in [1.807, 2.05) is 19.9 Å². The van der Waals surface area contributed by atoms with Crippen LogP contribution in [0.15, 0.2) is 18.2 Å². The van der Waals surface area contributed by atoms with E-state index in [-0.39, 0.29) is 28.7 Å². The standard InChI is InChI=1S/C23H29FN6O2Si/c1-22(2)18-15(13-30(22)21(32)26-17-14(12-25)8-6-9-16(17)24)19(29-28-18)27-20(31)23(10-7-11-23)33(3,4)5/h6,8-9H,7,10-11,13H2,1-5H3,(H,26,32)(H2,27,28,29,31). The summed E-state index contributed by atoms with van der Waals surface area (Å²) in [4.78, 5) is 27.9. The number of aromatic nitrogens is 2. The van der Waals surface area contributed by atoms with Crippen molar-refractivity contribution in [3.63, 3.8) is 0 Å². The fraction of sp³-hybridized carbons (Fsp3) is 0.478. The summed E-state index contributed by atoms with van der Waals surface area (Å²) in [7, 11) is -1.75. The Morgan fingerprint density at radius 2 is 1.94 bits per heavy atom. The average Bonchev–Trinajstić information content (AvgIpc) is 3.19. The highest BCUT2D eigenvalue weighted by Gasteiger charge is 2.54. The van der Waals surface area contributed by atoms with Crippen LogP contribution in [0.5, 0.6) is 0 Å². The summed E-state index contributed by atoms with van der Waals surface area (Å²) >= 11 is 0. The molecule has 0 spiro atoms. The largest absolute Gasteiger partial charge is 0.323 e. The third-order valence-electron chi connectivity index (χ3n) is 7.39. The fourth-order valence-electron chi connectivity index (χ4n) is 4.94. The molecule has 2 heterocycles. The fourth-order valence-corrected chi connectivity index (χ4v) is 7.54. The molecule has 1 aromatic carbocycles. The summed E-state index contributed by atoms with van der Waals surface area (Å²) in [6.07, 6.45) is 2.84. The minimum atomic E-state index is -1.75. The zero-order valence-electron chi connectivity index (χ0n) is 19.6. The molecular formula is C23H29FN6O2Si. The minimum Gasteiger partial charge on any atom is -0.309 e. The molecule has 1 aromatic heterocycles. The molecule has 0 radical (unpaired) electrons. The van der Waals surface area contributed by atoms with Crippen molar-refractivity contribution in [2.24, 2.45) is 0 Å².